The highest BCUT2D eigenvalue weighted by molar-refractivity contribution is 5.78. The molecule has 1 amide bonds. The van der Waals surface area contributed by atoms with E-state index in [1.807, 2.05) is 72.8 Å². The third kappa shape index (κ3) is 5.08. The van der Waals surface area contributed by atoms with E-state index in [4.69, 9.17) is 14.0 Å². The number of carbonyl (C=O) groups excluding carboxylic acids is 1. The first-order valence-electron chi connectivity index (χ1n) is 9.74. The summed E-state index contributed by atoms with van der Waals surface area (Å²) in [7, 11) is 1.61. The zero-order valence-corrected chi connectivity index (χ0v) is 16.9. The standard InChI is InChI=1S/C24H21N3O4/c1-29-19-13-11-18(12-14-19)24-26-23(27-31-24)20-9-5-6-10-21(20)30-16-22(28)25-15-17-7-3-2-4-8-17/h2-14H,15-16H2,1H3,(H,25,28). The first kappa shape index (κ1) is 20.2. The van der Waals surface area contributed by atoms with Crippen molar-refractivity contribution >= 4 is 5.91 Å². The number of benzene rings is 3. The van der Waals surface area contributed by atoms with Crippen LogP contribution in [-0.2, 0) is 11.3 Å². The van der Waals surface area contributed by atoms with Crippen molar-refractivity contribution in [2.75, 3.05) is 13.7 Å². The third-order valence-electron chi connectivity index (χ3n) is 4.58. The lowest BCUT2D eigenvalue weighted by atomic mass is 10.2. The molecular weight excluding hydrogens is 394 g/mol. The molecule has 0 fully saturated rings. The highest BCUT2D eigenvalue weighted by atomic mass is 16.5. The lowest BCUT2D eigenvalue weighted by molar-refractivity contribution is -0.123. The molecule has 4 aromatic rings. The zero-order valence-electron chi connectivity index (χ0n) is 16.9. The number of nitrogens with one attached hydrogen (secondary N) is 1. The van der Waals surface area contributed by atoms with Crippen molar-refractivity contribution in [1.82, 2.24) is 15.5 Å². The van der Waals surface area contributed by atoms with Crippen molar-refractivity contribution in [3.05, 3.63) is 84.4 Å². The van der Waals surface area contributed by atoms with Gasteiger partial charge in [-0.2, -0.15) is 4.98 Å². The fourth-order valence-corrected chi connectivity index (χ4v) is 2.95. The number of nitrogens with zero attached hydrogens (tertiary/aromatic N) is 2. The molecule has 1 aromatic heterocycles. The molecule has 0 saturated heterocycles. The van der Waals surface area contributed by atoms with Crippen LogP contribution in [0.2, 0.25) is 0 Å². The first-order valence-corrected chi connectivity index (χ1v) is 9.74. The van der Waals surface area contributed by atoms with Gasteiger partial charge in [-0.05, 0) is 42.0 Å². The van der Waals surface area contributed by atoms with Gasteiger partial charge in [0.2, 0.25) is 5.82 Å². The van der Waals surface area contributed by atoms with Gasteiger partial charge in [0.1, 0.15) is 11.5 Å². The molecule has 0 aliphatic rings. The molecule has 3 aromatic carbocycles. The number of ether oxygens (including phenoxy) is 2. The lowest BCUT2D eigenvalue weighted by Crippen LogP contribution is -2.28. The molecule has 156 valence electrons. The van der Waals surface area contributed by atoms with Gasteiger partial charge >= 0.3 is 0 Å². The Balaban J connectivity index is 1.42. The third-order valence-corrected chi connectivity index (χ3v) is 4.58. The van der Waals surface area contributed by atoms with Crippen molar-refractivity contribution in [2.45, 2.75) is 6.54 Å². The molecule has 0 saturated carbocycles. The summed E-state index contributed by atoms with van der Waals surface area (Å²) >= 11 is 0. The van der Waals surface area contributed by atoms with E-state index in [1.54, 1.807) is 13.2 Å². The van der Waals surface area contributed by atoms with E-state index in [0.717, 1.165) is 16.9 Å². The van der Waals surface area contributed by atoms with Crippen LogP contribution in [0.3, 0.4) is 0 Å². The Bertz CT molecular complexity index is 1140. The molecule has 4 rings (SSSR count). The Kier molecular flexibility index (Phi) is 6.23. The summed E-state index contributed by atoms with van der Waals surface area (Å²) in [6.45, 7) is 0.327. The minimum absolute atomic E-state index is 0.118. The van der Waals surface area contributed by atoms with E-state index >= 15 is 0 Å². The number of rotatable bonds is 8. The summed E-state index contributed by atoms with van der Waals surface area (Å²) in [6.07, 6.45) is 0. The molecule has 1 N–H and O–H groups in total. The largest absolute Gasteiger partial charge is 0.497 e. The Labute approximate surface area is 179 Å². The van der Waals surface area contributed by atoms with E-state index in [0.29, 0.717) is 29.6 Å². The van der Waals surface area contributed by atoms with Crippen molar-refractivity contribution in [3.63, 3.8) is 0 Å². The van der Waals surface area contributed by atoms with Crippen LogP contribution in [0.1, 0.15) is 5.56 Å². The maximum absolute atomic E-state index is 12.2. The fourth-order valence-electron chi connectivity index (χ4n) is 2.95. The molecule has 0 aliphatic carbocycles. The summed E-state index contributed by atoms with van der Waals surface area (Å²) in [5.41, 5.74) is 2.44. The smallest absolute Gasteiger partial charge is 0.258 e. The highest BCUT2D eigenvalue weighted by Gasteiger charge is 2.15. The second-order valence-corrected chi connectivity index (χ2v) is 6.70. The lowest BCUT2D eigenvalue weighted by Gasteiger charge is -2.10. The minimum Gasteiger partial charge on any atom is -0.497 e. The Morgan fingerprint density at radius 1 is 0.968 bits per heavy atom. The molecule has 0 radical (unpaired) electrons. The summed E-state index contributed by atoms with van der Waals surface area (Å²) in [4.78, 5) is 16.7. The van der Waals surface area contributed by atoms with Gasteiger partial charge in [0, 0.05) is 12.1 Å². The van der Waals surface area contributed by atoms with Crippen LogP contribution in [0.4, 0.5) is 0 Å². The molecule has 31 heavy (non-hydrogen) atoms. The van der Waals surface area contributed by atoms with Crippen LogP contribution in [0, 0.1) is 0 Å². The van der Waals surface area contributed by atoms with E-state index in [-0.39, 0.29) is 12.5 Å². The summed E-state index contributed by atoms with van der Waals surface area (Å²) < 4.78 is 16.3. The van der Waals surface area contributed by atoms with Crippen LogP contribution in [0.5, 0.6) is 11.5 Å². The number of hydrogen-bond donors (Lipinski definition) is 1. The van der Waals surface area contributed by atoms with E-state index < -0.39 is 0 Å². The van der Waals surface area contributed by atoms with Crippen LogP contribution >= 0.6 is 0 Å². The van der Waals surface area contributed by atoms with Crippen molar-refractivity contribution in [2.24, 2.45) is 0 Å². The van der Waals surface area contributed by atoms with Gasteiger partial charge in [-0.15, -0.1) is 0 Å². The highest BCUT2D eigenvalue weighted by Crippen LogP contribution is 2.30. The first-order chi connectivity index (χ1) is 15.2. The fraction of sp³-hybridized carbons (Fsp3) is 0.125. The summed E-state index contributed by atoms with van der Waals surface area (Å²) in [6, 6.07) is 24.3. The van der Waals surface area contributed by atoms with Crippen LogP contribution in [0.15, 0.2) is 83.4 Å². The second kappa shape index (κ2) is 9.58. The Hall–Kier alpha value is -4.13. The van der Waals surface area contributed by atoms with Crippen LogP contribution in [0.25, 0.3) is 22.8 Å². The monoisotopic (exact) mass is 415 g/mol. The van der Waals surface area contributed by atoms with Crippen molar-refractivity contribution < 1.29 is 18.8 Å². The summed E-state index contributed by atoms with van der Waals surface area (Å²) in [5, 5.41) is 6.91. The number of carbonyl (C=O) groups is 1. The quantitative estimate of drug-likeness (QED) is 0.466. The van der Waals surface area contributed by atoms with Gasteiger partial charge in [-0.1, -0.05) is 47.6 Å². The van der Waals surface area contributed by atoms with E-state index in [2.05, 4.69) is 15.5 Å². The molecule has 7 heteroatoms. The normalized spacial score (nSPS) is 10.5. The number of aromatic nitrogens is 2. The molecule has 0 bridgehead atoms. The van der Waals surface area contributed by atoms with E-state index in [9.17, 15) is 4.79 Å². The number of methoxy groups -OCH3 is 1. The average Bonchev–Trinajstić information content (AvgIpc) is 3.32. The summed E-state index contributed by atoms with van der Waals surface area (Å²) in [5.74, 6) is 1.79. The van der Waals surface area contributed by atoms with Gasteiger partial charge in [-0.25, -0.2) is 0 Å². The topological polar surface area (TPSA) is 86.5 Å². The van der Waals surface area contributed by atoms with Crippen LogP contribution < -0.4 is 14.8 Å². The van der Waals surface area contributed by atoms with E-state index in [1.165, 1.54) is 0 Å². The predicted molar refractivity (Wildman–Crippen MR) is 116 cm³/mol. The van der Waals surface area contributed by atoms with Gasteiger partial charge in [0.15, 0.2) is 6.61 Å². The number of amides is 1. The maximum atomic E-state index is 12.2. The maximum Gasteiger partial charge on any atom is 0.258 e. The second-order valence-electron chi connectivity index (χ2n) is 6.70. The van der Waals surface area contributed by atoms with Crippen molar-refractivity contribution in [3.8, 4) is 34.3 Å². The van der Waals surface area contributed by atoms with Gasteiger partial charge in [-0.3, -0.25) is 4.79 Å². The van der Waals surface area contributed by atoms with Crippen LogP contribution in [-0.4, -0.2) is 29.8 Å². The van der Waals surface area contributed by atoms with Gasteiger partial charge in [0.25, 0.3) is 11.8 Å². The number of para-hydroxylation sites is 1. The Morgan fingerprint density at radius 2 is 1.71 bits per heavy atom. The molecule has 0 atom stereocenters. The molecule has 7 nitrogen and oxygen atoms in total. The minimum atomic E-state index is -0.217. The van der Waals surface area contributed by atoms with Gasteiger partial charge < -0.3 is 19.3 Å². The van der Waals surface area contributed by atoms with Gasteiger partial charge in [0.05, 0.1) is 12.7 Å². The molecule has 0 unspecified atom stereocenters. The number of hydrogen-bond acceptors (Lipinski definition) is 6. The SMILES string of the molecule is COc1ccc(-c2nc(-c3ccccc3OCC(=O)NCc3ccccc3)no2)cc1. The molecule has 0 aliphatic heterocycles. The average molecular weight is 415 g/mol. The predicted octanol–water partition coefficient (Wildman–Crippen LogP) is 4.11. The van der Waals surface area contributed by atoms with Crippen molar-refractivity contribution in [1.29, 1.82) is 0 Å². The molecular formula is C24H21N3O4. The Morgan fingerprint density at radius 3 is 2.48 bits per heavy atom. The zero-order chi connectivity index (χ0) is 21.5. The molecule has 0 spiro atoms. The molecule has 1 heterocycles.